The Morgan fingerprint density at radius 3 is 2.69 bits per heavy atom. The van der Waals surface area contributed by atoms with Crippen LogP contribution in [0.2, 0.25) is 5.02 Å². The molecule has 2 aliphatic rings. The fraction of sp³-hybridized carbons (Fsp3) is 0.320. The van der Waals surface area contributed by atoms with Gasteiger partial charge in [0.1, 0.15) is 4.32 Å². The summed E-state index contributed by atoms with van der Waals surface area (Å²) in [5.41, 5.74) is 3.25. The van der Waals surface area contributed by atoms with Crippen molar-refractivity contribution in [2.75, 3.05) is 18.0 Å². The van der Waals surface area contributed by atoms with Crippen molar-refractivity contribution in [3.8, 4) is 0 Å². The number of anilines is 1. The van der Waals surface area contributed by atoms with Gasteiger partial charge in [-0.25, -0.2) is 0 Å². The maximum absolute atomic E-state index is 12.7. The number of thioether (sulfide) groups is 1. The molecule has 0 spiro atoms. The molecule has 0 saturated carbocycles. The number of para-hydroxylation sites is 1. The second-order valence-corrected chi connectivity index (χ2v) is 10.1. The number of aryl methyl sites for hydroxylation is 1. The minimum absolute atomic E-state index is 0.0454. The van der Waals surface area contributed by atoms with E-state index in [4.69, 9.17) is 23.8 Å². The number of thiocarbonyl (C=S) groups is 1. The Balaban J connectivity index is 1.24. The van der Waals surface area contributed by atoms with E-state index in [1.54, 1.807) is 17.0 Å². The van der Waals surface area contributed by atoms with E-state index in [0.29, 0.717) is 27.2 Å². The van der Waals surface area contributed by atoms with Gasteiger partial charge in [-0.2, -0.15) is 0 Å². The van der Waals surface area contributed by atoms with Crippen molar-refractivity contribution in [1.82, 2.24) is 4.90 Å². The van der Waals surface area contributed by atoms with Crippen molar-refractivity contribution >= 4 is 63.5 Å². The van der Waals surface area contributed by atoms with Crippen LogP contribution in [0.1, 0.15) is 43.2 Å². The maximum atomic E-state index is 12.7. The Bertz CT molecular complexity index is 1050. The van der Waals surface area contributed by atoms with E-state index in [1.807, 2.05) is 41.3 Å². The van der Waals surface area contributed by atoms with E-state index in [9.17, 15) is 9.59 Å². The zero-order valence-corrected chi connectivity index (χ0v) is 20.1. The van der Waals surface area contributed by atoms with Crippen LogP contribution >= 0.6 is 35.6 Å². The van der Waals surface area contributed by atoms with Gasteiger partial charge in [0.15, 0.2) is 0 Å². The monoisotopic (exact) mass is 484 g/mol. The summed E-state index contributed by atoms with van der Waals surface area (Å²) >= 11 is 12.7. The molecule has 4 nitrogen and oxygen atoms in total. The summed E-state index contributed by atoms with van der Waals surface area (Å²) in [6.07, 6.45) is 6.96. The van der Waals surface area contributed by atoms with Crippen LogP contribution < -0.4 is 4.90 Å². The molecule has 0 bridgehead atoms. The molecule has 0 radical (unpaired) electrons. The number of halogens is 1. The van der Waals surface area contributed by atoms with Crippen molar-refractivity contribution in [2.24, 2.45) is 0 Å². The Hall–Kier alpha value is -2.15. The Kier molecular flexibility index (Phi) is 7.66. The van der Waals surface area contributed by atoms with Crippen LogP contribution in [-0.4, -0.2) is 34.1 Å². The zero-order valence-electron chi connectivity index (χ0n) is 17.8. The second kappa shape index (κ2) is 10.6. The number of rotatable bonds is 7. The average Bonchev–Trinajstić information content (AvgIpc) is 3.07. The standard InChI is InChI=1S/C25H25ClN2O2S2/c26-20-13-11-18(12-14-20)17-22-24(30)28(25(31)32-22)15-5-1-2-10-23(29)27-16-6-8-19-7-3-4-9-21(19)27/h3-4,7,9,11-14,17H,1-2,5-6,8,10,15-16H2/b22-17+. The summed E-state index contributed by atoms with van der Waals surface area (Å²) in [5, 5.41) is 0.665. The smallest absolute Gasteiger partial charge is 0.266 e. The van der Waals surface area contributed by atoms with E-state index >= 15 is 0 Å². The van der Waals surface area contributed by atoms with Crippen molar-refractivity contribution in [1.29, 1.82) is 0 Å². The van der Waals surface area contributed by atoms with Gasteiger partial charge < -0.3 is 4.90 Å². The van der Waals surface area contributed by atoms with Crippen LogP contribution in [0.3, 0.4) is 0 Å². The normalized spacial score (nSPS) is 17.2. The third-order valence-electron chi connectivity index (χ3n) is 5.73. The number of carbonyl (C=O) groups is 2. The van der Waals surface area contributed by atoms with Crippen molar-refractivity contribution in [2.45, 2.75) is 38.5 Å². The Labute approximate surface area is 203 Å². The quantitative estimate of drug-likeness (QED) is 0.271. The molecule has 0 aromatic heterocycles. The molecule has 0 atom stereocenters. The Morgan fingerprint density at radius 1 is 1.09 bits per heavy atom. The van der Waals surface area contributed by atoms with Crippen molar-refractivity contribution < 1.29 is 9.59 Å². The van der Waals surface area contributed by atoms with Gasteiger partial charge in [-0.3, -0.25) is 14.5 Å². The van der Waals surface area contributed by atoms with Gasteiger partial charge in [0.25, 0.3) is 5.91 Å². The summed E-state index contributed by atoms with van der Waals surface area (Å²) in [6.45, 7) is 1.38. The first-order chi connectivity index (χ1) is 15.5. The molecule has 2 aromatic carbocycles. The highest BCUT2D eigenvalue weighted by atomic mass is 35.5. The number of hydrogen-bond donors (Lipinski definition) is 0. The molecular formula is C25H25ClN2O2S2. The first-order valence-electron chi connectivity index (χ1n) is 10.9. The van der Waals surface area contributed by atoms with Gasteiger partial charge in [-0.1, -0.05) is 72.3 Å². The lowest BCUT2D eigenvalue weighted by molar-refractivity contribution is -0.122. The summed E-state index contributed by atoms with van der Waals surface area (Å²) in [4.78, 5) is 29.7. The predicted octanol–water partition coefficient (Wildman–Crippen LogP) is 6.08. The lowest BCUT2D eigenvalue weighted by Crippen LogP contribution is -2.35. The SMILES string of the molecule is O=C1/C(=C\c2ccc(Cl)cc2)SC(=S)N1CCCCCC(=O)N1CCCc2ccccc21. The fourth-order valence-corrected chi connectivity index (χ4v) is 5.49. The van der Waals surface area contributed by atoms with E-state index in [2.05, 4.69) is 6.07 Å². The lowest BCUT2D eigenvalue weighted by Gasteiger charge is -2.29. The van der Waals surface area contributed by atoms with Gasteiger partial charge in [0, 0.05) is 30.2 Å². The molecular weight excluding hydrogens is 460 g/mol. The third-order valence-corrected chi connectivity index (χ3v) is 7.35. The first kappa shape index (κ1) is 23.0. The number of unbranched alkanes of at least 4 members (excludes halogenated alkanes) is 2. The zero-order chi connectivity index (χ0) is 22.5. The number of hydrogen-bond acceptors (Lipinski definition) is 4. The molecule has 0 N–H and O–H groups in total. The number of amides is 2. The molecule has 2 amide bonds. The molecule has 0 unspecified atom stereocenters. The second-order valence-electron chi connectivity index (χ2n) is 7.97. The molecule has 2 aromatic rings. The average molecular weight is 485 g/mol. The third kappa shape index (κ3) is 5.42. The van der Waals surface area contributed by atoms with E-state index in [0.717, 1.165) is 49.9 Å². The lowest BCUT2D eigenvalue weighted by atomic mass is 10.0. The molecule has 2 heterocycles. The van der Waals surface area contributed by atoms with Crippen LogP contribution in [0.25, 0.3) is 6.08 Å². The Morgan fingerprint density at radius 2 is 1.88 bits per heavy atom. The highest BCUT2D eigenvalue weighted by molar-refractivity contribution is 8.26. The predicted molar refractivity (Wildman–Crippen MR) is 137 cm³/mol. The van der Waals surface area contributed by atoms with Crippen LogP contribution in [-0.2, 0) is 16.0 Å². The van der Waals surface area contributed by atoms with E-state index in [-0.39, 0.29) is 11.8 Å². The van der Waals surface area contributed by atoms with Crippen LogP contribution in [0, 0.1) is 0 Å². The number of benzene rings is 2. The fourth-order valence-electron chi connectivity index (χ4n) is 4.05. The molecule has 4 rings (SSSR count). The molecule has 32 heavy (non-hydrogen) atoms. The molecule has 166 valence electrons. The largest absolute Gasteiger partial charge is 0.312 e. The highest BCUT2D eigenvalue weighted by Crippen LogP contribution is 2.33. The van der Waals surface area contributed by atoms with Crippen LogP contribution in [0.15, 0.2) is 53.4 Å². The minimum atomic E-state index is -0.0454. The summed E-state index contributed by atoms with van der Waals surface area (Å²) in [7, 11) is 0. The van der Waals surface area contributed by atoms with Gasteiger partial charge in [-0.15, -0.1) is 0 Å². The van der Waals surface area contributed by atoms with Crippen LogP contribution in [0.4, 0.5) is 5.69 Å². The topological polar surface area (TPSA) is 40.6 Å². The molecule has 1 saturated heterocycles. The molecule has 7 heteroatoms. The van der Waals surface area contributed by atoms with Gasteiger partial charge in [0.2, 0.25) is 5.91 Å². The van der Waals surface area contributed by atoms with E-state index < -0.39 is 0 Å². The van der Waals surface area contributed by atoms with Crippen molar-refractivity contribution in [3.63, 3.8) is 0 Å². The van der Waals surface area contributed by atoms with Crippen molar-refractivity contribution in [3.05, 3.63) is 69.6 Å². The summed E-state index contributed by atoms with van der Waals surface area (Å²) in [5.74, 6) is 0.143. The number of carbonyl (C=O) groups excluding carboxylic acids is 2. The summed E-state index contributed by atoms with van der Waals surface area (Å²) < 4.78 is 0.594. The van der Waals surface area contributed by atoms with Gasteiger partial charge >= 0.3 is 0 Å². The molecule has 0 aliphatic carbocycles. The van der Waals surface area contributed by atoms with E-state index in [1.165, 1.54) is 17.3 Å². The van der Waals surface area contributed by atoms with Gasteiger partial charge in [0.05, 0.1) is 4.91 Å². The number of nitrogens with zero attached hydrogens (tertiary/aromatic N) is 2. The highest BCUT2D eigenvalue weighted by Gasteiger charge is 2.31. The molecule has 2 aliphatic heterocycles. The minimum Gasteiger partial charge on any atom is -0.312 e. The number of fused-ring (bicyclic) bond motifs is 1. The first-order valence-corrected chi connectivity index (χ1v) is 12.5. The maximum Gasteiger partial charge on any atom is 0.266 e. The summed E-state index contributed by atoms with van der Waals surface area (Å²) in [6, 6.07) is 15.5. The van der Waals surface area contributed by atoms with Crippen LogP contribution in [0.5, 0.6) is 0 Å². The molecule has 1 fully saturated rings. The van der Waals surface area contributed by atoms with Gasteiger partial charge in [-0.05, 0) is 61.1 Å².